The quantitative estimate of drug-likeness (QED) is 0.172. The number of Topliss-reactive ketones (excluding diaryl/α,β-unsaturated/α-hetero) is 1. The number of rotatable bonds is 11. The van der Waals surface area contributed by atoms with Crippen molar-refractivity contribution in [2.75, 3.05) is 6.61 Å². The monoisotopic (exact) mass is 551 g/mol. The van der Waals surface area contributed by atoms with Crippen LogP contribution < -0.4 is 9.61 Å². The van der Waals surface area contributed by atoms with Gasteiger partial charge in [0.05, 0.1) is 16.8 Å². The van der Waals surface area contributed by atoms with Crippen LogP contribution in [0.5, 0.6) is 5.75 Å². The van der Waals surface area contributed by atoms with Crippen molar-refractivity contribution in [1.82, 2.24) is 4.57 Å². The van der Waals surface area contributed by atoms with Crippen molar-refractivity contribution in [1.29, 1.82) is 0 Å². The molecule has 0 spiro atoms. The molecule has 5 aromatic rings. The van der Waals surface area contributed by atoms with Gasteiger partial charge < -0.3 is 9.84 Å². The summed E-state index contributed by atoms with van der Waals surface area (Å²) >= 11 is 1.09. The van der Waals surface area contributed by atoms with E-state index in [2.05, 4.69) is 0 Å². The maximum absolute atomic E-state index is 12.8. The average Bonchev–Trinajstić information content (AvgIpc) is 3.30. The Bertz CT molecular complexity index is 1720. The SMILES string of the molecule is O=C(c1ccccc1)c1ccc2c(c1)sc(=O)n2CCOc1ccc(CC(C(=O)O)C(=O)c2ccccc2)cc1. The van der Waals surface area contributed by atoms with Crippen LogP contribution in [0.1, 0.15) is 31.8 Å². The van der Waals surface area contributed by atoms with Crippen LogP contribution in [-0.4, -0.2) is 33.8 Å². The Kier molecular flexibility index (Phi) is 7.98. The Hall–Kier alpha value is -4.82. The second-order valence-corrected chi connectivity index (χ2v) is 10.2. The molecule has 0 aliphatic carbocycles. The summed E-state index contributed by atoms with van der Waals surface area (Å²) in [5.41, 5.74) is 2.92. The van der Waals surface area contributed by atoms with Crippen LogP contribution in [-0.2, 0) is 17.8 Å². The second-order valence-electron chi connectivity index (χ2n) is 9.21. The van der Waals surface area contributed by atoms with Crippen molar-refractivity contribution in [3.63, 3.8) is 0 Å². The molecule has 1 heterocycles. The van der Waals surface area contributed by atoms with Gasteiger partial charge in [-0.25, -0.2) is 0 Å². The number of benzene rings is 4. The van der Waals surface area contributed by atoms with Gasteiger partial charge in [-0.3, -0.25) is 23.7 Å². The lowest BCUT2D eigenvalue weighted by Gasteiger charge is -2.12. The summed E-state index contributed by atoms with van der Waals surface area (Å²) in [4.78, 5) is 49.8. The predicted molar refractivity (Wildman–Crippen MR) is 153 cm³/mol. The van der Waals surface area contributed by atoms with Crippen molar-refractivity contribution in [2.45, 2.75) is 13.0 Å². The van der Waals surface area contributed by atoms with Crippen LogP contribution in [0.3, 0.4) is 0 Å². The Morgan fingerprint density at radius 1 is 0.800 bits per heavy atom. The van der Waals surface area contributed by atoms with Gasteiger partial charge in [-0.1, -0.05) is 84.1 Å². The van der Waals surface area contributed by atoms with Crippen molar-refractivity contribution in [2.24, 2.45) is 5.92 Å². The van der Waals surface area contributed by atoms with E-state index in [0.717, 1.165) is 21.6 Å². The summed E-state index contributed by atoms with van der Waals surface area (Å²) in [6.45, 7) is 0.555. The molecule has 0 fully saturated rings. The number of carbonyl (C=O) groups is 3. The molecule has 1 atom stereocenters. The van der Waals surface area contributed by atoms with Gasteiger partial charge in [-0.05, 0) is 42.3 Å². The molecule has 200 valence electrons. The number of aromatic nitrogens is 1. The van der Waals surface area contributed by atoms with Gasteiger partial charge in [0.15, 0.2) is 11.6 Å². The number of ketones is 2. The minimum atomic E-state index is -1.18. The number of carboxylic acid groups (broad SMARTS) is 1. The molecule has 7 nitrogen and oxygen atoms in total. The Labute approximate surface area is 233 Å². The van der Waals surface area contributed by atoms with E-state index >= 15 is 0 Å². The average molecular weight is 552 g/mol. The van der Waals surface area contributed by atoms with Gasteiger partial charge >= 0.3 is 10.8 Å². The summed E-state index contributed by atoms with van der Waals surface area (Å²) in [6.07, 6.45) is 0.0639. The third-order valence-electron chi connectivity index (χ3n) is 6.59. The third kappa shape index (κ3) is 5.92. The molecule has 0 amide bonds. The first-order valence-corrected chi connectivity index (χ1v) is 13.5. The molecule has 1 aromatic heterocycles. The highest BCUT2D eigenvalue weighted by Gasteiger charge is 2.27. The van der Waals surface area contributed by atoms with Crippen LogP contribution in [0.2, 0.25) is 0 Å². The number of aliphatic carboxylic acids is 1. The smallest absolute Gasteiger partial charge is 0.314 e. The summed E-state index contributed by atoms with van der Waals surface area (Å²) in [5.74, 6) is -2.32. The minimum Gasteiger partial charge on any atom is -0.492 e. The molecule has 0 saturated carbocycles. The molecule has 40 heavy (non-hydrogen) atoms. The van der Waals surface area contributed by atoms with Crippen LogP contribution in [0.4, 0.5) is 0 Å². The molecular formula is C32H25NO6S. The first-order valence-electron chi connectivity index (χ1n) is 12.7. The molecule has 4 aromatic carbocycles. The fraction of sp³-hybridized carbons (Fsp3) is 0.125. The van der Waals surface area contributed by atoms with Crippen molar-refractivity contribution < 1.29 is 24.2 Å². The van der Waals surface area contributed by atoms with Crippen LogP contribution in [0, 0.1) is 5.92 Å². The molecule has 0 bridgehead atoms. The number of nitrogens with zero attached hydrogens (tertiary/aromatic N) is 1. The number of hydrogen-bond acceptors (Lipinski definition) is 6. The predicted octanol–water partition coefficient (Wildman–Crippen LogP) is 5.50. The van der Waals surface area contributed by atoms with Crippen LogP contribution >= 0.6 is 11.3 Å². The van der Waals surface area contributed by atoms with Gasteiger partial charge in [0, 0.05) is 16.7 Å². The molecule has 0 aliphatic rings. The fourth-order valence-electron chi connectivity index (χ4n) is 4.48. The van der Waals surface area contributed by atoms with Crippen molar-refractivity contribution in [3.05, 3.63) is 135 Å². The summed E-state index contributed by atoms with van der Waals surface area (Å²) < 4.78 is 8.19. The summed E-state index contributed by atoms with van der Waals surface area (Å²) in [5, 5.41) is 9.63. The van der Waals surface area contributed by atoms with E-state index in [-0.39, 0.29) is 23.7 Å². The maximum atomic E-state index is 12.8. The largest absolute Gasteiger partial charge is 0.492 e. The van der Waals surface area contributed by atoms with Crippen molar-refractivity contribution in [3.8, 4) is 5.75 Å². The van der Waals surface area contributed by atoms with E-state index in [4.69, 9.17) is 4.74 Å². The Morgan fingerprint density at radius 2 is 1.45 bits per heavy atom. The van der Waals surface area contributed by atoms with Gasteiger partial charge in [0.1, 0.15) is 18.3 Å². The van der Waals surface area contributed by atoms with E-state index in [9.17, 15) is 24.3 Å². The number of hydrogen-bond donors (Lipinski definition) is 1. The Balaban J connectivity index is 1.21. The molecule has 8 heteroatoms. The zero-order chi connectivity index (χ0) is 28.1. The summed E-state index contributed by atoms with van der Waals surface area (Å²) in [6, 6.07) is 29.6. The van der Waals surface area contributed by atoms with E-state index < -0.39 is 17.7 Å². The van der Waals surface area contributed by atoms with Crippen LogP contribution in [0.15, 0.2) is 108 Å². The highest BCUT2D eigenvalue weighted by atomic mass is 32.1. The number of ether oxygens (including phenoxy) is 1. The van der Waals surface area contributed by atoms with Gasteiger partial charge in [-0.2, -0.15) is 0 Å². The fourth-order valence-corrected chi connectivity index (χ4v) is 5.44. The van der Waals surface area contributed by atoms with Crippen LogP contribution in [0.25, 0.3) is 10.2 Å². The maximum Gasteiger partial charge on any atom is 0.314 e. The molecule has 1 N–H and O–H groups in total. The molecule has 5 rings (SSSR count). The van der Waals surface area contributed by atoms with E-state index in [0.29, 0.717) is 34.5 Å². The first kappa shape index (κ1) is 26.8. The van der Waals surface area contributed by atoms with Gasteiger partial charge in [-0.15, -0.1) is 0 Å². The Morgan fingerprint density at radius 3 is 2.10 bits per heavy atom. The molecule has 0 aliphatic heterocycles. The number of carboxylic acids is 1. The lowest BCUT2D eigenvalue weighted by Crippen LogP contribution is -2.26. The number of fused-ring (bicyclic) bond motifs is 1. The third-order valence-corrected chi connectivity index (χ3v) is 7.53. The van der Waals surface area contributed by atoms with E-state index in [1.165, 1.54) is 0 Å². The highest BCUT2D eigenvalue weighted by molar-refractivity contribution is 7.16. The normalized spacial score (nSPS) is 11.7. The van der Waals surface area contributed by atoms with E-state index in [1.54, 1.807) is 89.5 Å². The zero-order valence-corrected chi connectivity index (χ0v) is 22.2. The minimum absolute atomic E-state index is 0.0639. The van der Waals surface area contributed by atoms with Gasteiger partial charge in [0.25, 0.3) is 0 Å². The molecule has 1 unspecified atom stereocenters. The summed E-state index contributed by atoms with van der Waals surface area (Å²) in [7, 11) is 0. The standard InChI is InChI=1S/C32H25NO6S/c34-29(22-7-3-1-4-8-22)24-13-16-27-28(20-24)40-32(38)33(27)17-18-39-25-14-11-21(12-15-25)19-26(31(36)37)30(35)23-9-5-2-6-10-23/h1-16,20,26H,17-19H2,(H,36,37). The molecule has 0 radical (unpaired) electrons. The second kappa shape index (κ2) is 11.9. The lowest BCUT2D eigenvalue weighted by molar-refractivity contribution is -0.139. The first-order chi connectivity index (χ1) is 19.4. The topological polar surface area (TPSA) is 103 Å². The number of carbonyl (C=O) groups excluding carboxylic acids is 2. The van der Waals surface area contributed by atoms with Crippen molar-refractivity contribution >= 4 is 39.1 Å². The van der Waals surface area contributed by atoms with Gasteiger partial charge in [0.2, 0.25) is 0 Å². The number of thiazole rings is 1. The van der Waals surface area contributed by atoms with E-state index in [1.807, 2.05) is 18.2 Å². The molecule has 0 saturated heterocycles. The zero-order valence-electron chi connectivity index (χ0n) is 21.4. The highest BCUT2D eigenvalue weighted by Crippen LogP contribution is 2.22. The molecular weight excluding hydrogens is 526 g/mol. The lowest BCUT2D eigenvalue weighted by atomic mass is 9.91.